The minimum atomic E-state index is -0.716. The first-order valence-corrected chi connectivity index (χ1v) is 15.3. The summed E-state index contributed by atoms with van der Waals surface area (Å²) < 4.78 is 11.9. The highest BCUT2D eigenvalue weighted by molar-refractivity contribution is 5.99. The van der Waals surface area contributed by atoms with Crippen LogP contribution in [0.2, 0.25) is 0 Å². The van der Waals surface area contributed by atoms with E-state index in [4.69, 9.17) is 15.2 Å². The number of nitrogens with one attached hydrogen (secondary N) is 2. The molecule has 3 aromatic rings. The molecule has 3 heterocycles. The van der Waals surface area contributed by atoms with Crippen LogP contribution in [-0.4, -0.2) is 91.0 Å². The van der Waals surface area contributed by atoms with Crippen LogP contribution in [0.5, 0.6) is 17.4 Å². The summed E-state index contributed by atoms with van der Waals surface area (Å²) in [6.45, 7) is 11.8. The number of ether oxygens (including phenoxy) is 2. The molecule has 2 aromatic carbocycles. The number of carbonyl (C=O) groups is 2. The second-order valence-corrected chi connectivity index (χ2v) is 11.3. The molecule has 2 aliphatic rings. The second kappa shape index (κ2) is 14.4. The van der Waals surface area contributed by atoms with Gasteiger partial charge in [-0.2, -0.15) is 4.98 Å². The molecule has 5 rings (SSSR count). The standard InChI is InChI=1S/C33H42N8O4/c1-5-26-33(45-25-9-7-8-22(20-25)35-29(42)6-2)38-32(30(37-26)31(34)43)36-23-10-11-27(28(21-23)44-4)41-14-12-24(13-15-41)40-18-16-39(3)17-19-40/h6-11,20-21,24H,2,5,12-19H2,1,3-4H3,(H2,34,43)(H,35,42)(H,36,38). The van der Waals surface area contributed by atoms with Crippen LogP contribution in [0.4, 0.5) is 22.9 Å². The van der Waals surface area contributed by atoms with Gasteiger partial charge in [-0.3, -0.25) is 14.5 Å². The fourth-order valence-corrected chi connectivity index (χ4v) is 5.78. The van der Waals surface area contributed by atoms with Gasteiger partial charge in [0.15, 0.2) is 11.5 Å². The largest absolute Gasteiger partial charge is 0.495 e. The van der Waals surface area contributed by atoms with E-state index < -0.39 is 5.91 Å². The maximum atomic E-state index is 12.4. The molecule has 12 heteroatoms. The Kier molecular flexibility index (Phi) is 10.2. The SMILES string of the molecule is C=CC(=O)Nc1cccc(Oc2nc(Nc3ccc(N4CCC(N5CCN(C)CC5)CC4)c(OC)c3)c(C(N)=O)nc2CC)c1. The molecule has 0 radical (unpaired) electrons. The van der Waals surface area contributed by atoms with E-state index in [0.717, 1.165) is 57.8 Å². The number of primary amides is 1. The van der Waals surface area contributed by atoms with Crippen LogP contribution in [0.3, 0.4) is 0 Å². The van der Waals surface area contributed by atoms with Gasteiger partial charge in [-0.1, -0.05) is 19.6 Å². The van der Waals surface area contributed by atoms with E-state index in [2.05, 4.69) is 48.9 Å². The number of nitrogens with two attached hydrogens (primary N) is 1. The molecule has 2 saturated heterocycles. The van der Waals surface area contributed by atoms with E-state index in [9.17, 15) is 9.59 Å². The molecular weight excluding hydrogens is 572 g/mol. The van der Waals surface area contributed by atoms with E-state index in [1.165, 1.54) is 6.08 Å². The third-order valence-electron chi connectivity index (χ3n) is 8.30. The Bertz CT molecular complexity index is 1530. The van der Waals surface area contributed by atoms with Crippen molar-refractivity contribution in [2.45, 2.75) is 32.2 Å². The van der Waals surface area contributed by atoms with E-state index in [1.807, 2.05) is 25.1 Å². The van der Waals surface area contributed by atoms with E-state index >= 15 is 0 Å². The van der Waals surface area contributed by atoms with Crippen molar-refractivity contribution >= 4 is 34.7 Å². The number of benzene rings is 2. The molecule has 45 heavy (non-hydrogen) atoms. The molecule has 4 N–H and O–H groups in total. The van der Waals surface area contributed by atoms with E-state index in [-0.39, 0.29) is 23.3 Å². The van der Waals surface area contributed by atoms with Crippen LogP contribution in [0.15, 0.2) is 55.1 Å². The van der Waals surface area contributed by atoms with Gasteiger partial charge >= 0.3 is 0 Å². The summed E-state index contributed by atoms with van der Waals surface area (Å²) >= 11 is 0. The van der Waals surface area contributed by atoms with Crippen molar-refractivity contribution in [2.24, 2.45) is 5.73 Å². The fourth-order valence-electron chi connectivity index (χ4n) is 5.78. The summed E-state index contributed by atoms with van der Waals surface area (Å²) in [5.41, 5.74) is 8.39. The lowest BCUT2D eigenvalue weighted by molar-refractivity contribution is -0.111. The number of piperidine rings is 1. The Morgan fingerprint density at radius 1 is 1.04 bits per heavy atom. The fraction of sp³-hybridized carbons (Fsp3) is 0.394. The number of methoxy groups -OCH3 is 1. The van der Waals surface area contributed by atoms with Gasteiger partial charge < -0.3 is 35.6 Å². The lowest BCUT2D eigenvalue weighted by Gasteiger charge is -2.42. The first kappa shape index (κ1) is 31.7. The molecule has 0 unspecified atom stereocenters. The van der Waals surface area contributed by atoms with Gasteiger partial charge in [0.25, 0.3) is 5.91 Å². The number of hydrogen-bond acceptors (Lipinski definition) is 10. The van der Waals surface area contributed by atoms with Crippen molar-refractivity contribution in [2.75, 3.05) is 69.0 Å². The third-order valence-corrected chi connectivity index (χ3v) is 8.30. The summed E-state index contributed by atoms with van der Waals surface area (Å²) in [4.78, 5) is 40.7. The Balaban J connectivity index is 1.34. The summed E-state index contributed by atoms with van der Waals surface area (Å²) in [7, 11) is 3.84. The average Bonchev–Trinajstić information content (AvgIpc) is 3.05. The number of aromatic nitrogens is 2. The van der Waals surface area contributed by atoms with Crippen molar-refractivity contribution in [3.8, 4) is 17.4 Å². The summed E-state index contributed by atoms with van der Waals surface area (Å²) in [5, 5.41) is 5.91. The number of anilines is 4. The smallest absolute Gasteiger partial charge is 0.271 e. The van der Waals surface area contributed by atoms with Gasteiger partial charge in [-0.25, -0.2) is 4.98 Å². The Morgan fingerprint density at radius 3 is 2.47 bits per heavy atom. The third kappa shape index (κ3) is 7.70. The minimum Gasteiger partial charge on any atom is -0.495 e. The zero-order chi connectivity index (χ0) is 31.9. The van der Waals surface area contributed by atoms with Gasteiger partial charge in [-0.15, -0.1) is 0 Å². The average molecular weight is 615 g/mol. The number of amides is 2. The Hall–Kier alpha value is -4.68. The molecule has 1 aromatic heterocycles. The zero-order valence-electron chi connectivity index (χ0n) is 26.2. The summed E-state index contributed by atoms with van der Waals surface area (Å²) in [6.07, 6.45) is 3.86. The molecule has 2 aliphatic heterocycles. The van der Waals surface area contributed by atoms with Gasteiger partial charge in [0.05, 0.1) is 12.8 Å². The van der Waals surface area contributed by atoms with Crippen molar-refractivity contribution in [1.29, 1.82) is 0 Å². The van der Waals surface area contributed by atoms with Crippen LogP contribution in [0.25, 0.3) is 0 Å². The van der Waals surface area contributed by atoms with E-state index in [0.29, 0.717) is 41.0 Å². The molecule has 0 spiro atoms. The molecular formula is C33H42N8O4. The zero-order valence-corrected chi connectivity index (χ0v) is 26.2. The lowest BCUT2D eigenvalue weighted by Crippen LogP contribution is -2.52. The number of carbonyl (C=O) groups excluding carboxylic acids is 2. The summed E-state index contributed by atoms with van der Waals surface area (Å²) in [6, 6.07) is 13.3. The highest BCUT2D eigenvalue weighted by Gasteiger charge is 2.28. The predicted molar refractivity (Wildman–Crippen MR) is 176 cm³/mol. The minimum absolute atomic E-state index is 0.000203. The molecule has 0 aliphatic carbocycles. The van der Waals surface area contributed by atoms with Crippen molar-refractivity contribution in [1.82, 2.24) is 19.8 Å². The molecule has 238 valence electrons. The molecule has 2 amide bonds. The number of aryl methyl sites for hydroxylation is 1. The molecule has 2 fully saturated rings. The highest BCUT2D eigenvalue weighted by atomic mass is 16.5. The van der Waals surface area contributed by atoms with Gasteiger partial charge in [0.2, 0.25) is 11.8 Å². The predicted octanol–water partition coefficient (Wildman–Crippen LogP) is 4.02. The first-order chi connectivity index (χ1) is 21.8. The van der Waals surface area contributed by atoms with Crippen LogP contribution in [0, 0.1) is 0 Å². The van der Waals surface area contributed by atoms with Crippen LogP contribution in [0.1, 0.15) is 35.9 Å². The Morgan fingerprint density at radius 2 is 1.80 bits per heavy atom. The number of nitrogens with zero attached hydrogens (tertiary/aromatic N) is 5. The van der Waals surface area contributed by atoms with Gasteiger partial charge in [0, 0.05) is 68.8 Å². The lowest BCUT2D eigenvalue weighted by atomic mass is 10.0. The second-order valence-electron chi connectivity index (χ2n) is 11.3. The molecule has 0 saturated carbocycles. The topological polar surface area (TPSA) is 138 Å². The van der Waals surface area contributed by atoms with Crippen molar-refractivity contribution in [3.05, 3.63) is 66.5 Å². The van der Waals surface area contributed by atoms with Crippen molar-refractivity contribution in [3.63, 3.8) is 0 Å². The van der Waals surface area contributed by atoms with Gasteiger partial charge in [0.1, 0.15) is 17.2 Å². The van der Waals surface area contributed by atoms with E-state index in [1.54, 1.807) is 31.4 Å². The maximum Gasteiger partial charge on any atom is 0.271 e. The first-order valence-electron chi connectivity index (χ1n) is 15.3. The summed E-state index contributed by atoms with van der Waals surface area (Å²) in [5.74, 6) is 0.465. The Labute approximate surface area is 264 Å². The number of piperazine rings is 1. The molecule has 0 bridgehead atoms. The van der Waals surface area contributed by atoms with Crippen LogP contribution < -0.4 is 30.7 Å². The quantitative estimate of drug-likeness (QED) is 0.272. The number of hydrogen-bond donors (Lipinski definition) is 3. The van der Waals surface area contributed by atoms with Crippen LogP contribution in [-0.2, 0) is 11.2 Å². The highest BCUT2D eigenvalue weighted by Crippen LogP contribution is 2.35. The molecule has 12 nitrogen and oxygen atoms in total. The normalized spacial score (nSPS) is 16.2. The monoisotopic (exact) mass is 614 g/mol. The van der Waals surface area contributed by atoms with Gasteiger partial charge in [-0.05, 0) is 56.7 Å². The van der Waals surface area contributed by atoms with Crippen LogP contribution >= 0.6 is 0 Å². The maximum absolute atomic E-state index is 12.4. The molecule has 0 atom stereocenters. The van der Waals surface area contributed by atoms with Crippen molar-refractivity contribution < 1.29 is 19.1 Å². The number of likely N-dealkylation sites (N-methyl/N-ethyl adjacent to an activating group) is 1. The number of rotatable bonds is 11.